The van der Waals surface area contributed by atoms with Gasteiger partial charge in [0.25, 0.3) is 0 Å². The Morgan fingerprint density at radius 2 is 2.06 bits per heavy atom. The van der Waals surface area contributed by atoms with Crippen LogP contribution in [0.3, 0.4) is 0 Å². The Labute approximate surface area is 106 Å². The number of nitrogens with zero attached hydrogens (tertiary/aromatic N) is 1. The molecule has 0 radical (unpaired) electrons. The van der Waals surface area contributed by atoms with Crippen molar-refractivity contribution in [1.82, 2.24) is 0 Å². The fourth-order valence-electron chi connectivity index (χ4n) is 1.84. The van der Waals surface area contributed by atoms with Gasteiger partial charge in [0.05, 0.1) is 5.69 Å². The highest BCUT2D eigenvalue weighted by atomic mass is 79.9. The molecule has 0 N–H and O–H groups in total. The SMILES string of the molecule is C=CC1CC(=O)N(c2cc(F)c(F)cc2Br)C1. The number of hydrogen-bond donors (Lipinski definition) is 0. The first-order valence-corrected chi connectivity index (χ1v) is 5.89. The van der Waals surface area contributed by atoms with Crippen LogP contribution in [0, 0.1) is 17.6 Å². The molecular weight excluding hydrogens is 292 g/mol. The molecule has 5 heteroatoms. The van der Waals surface area contributed by atoms with Crippen LogP contribution < -0.4 is 4.90 Å². The maximum Gasteiger partial charge on any atom is 0.227 e. The minimum absolute atomic E-state index is 0.0579. The van der Waals surface area contributed by atoms with E-state index in [4.69, 9.17) is 0 Å². The second-order valence-electron chi connectivity index (χ2n) is 3.92. The van der Waals surface area contributed by atoms with Crippen LogP contribution in [0.2, 0.25) is 0 Å². The van der Waals surface area contributed by atoms with E-state index in [1.165, 1.54) is 4.90 Å². The van der Waals surface area contributed by atoms with Crippen LogP contribution in [0.15, 0.2) is 29.3 Å². The van der Waals surface area contributed by atoms with Crippen molar-refractivity contribution in [2.24, 2.45) is 5.92 Å². The van der Waals surface area contributed by atoms with Crippen LogP contribution in [-0.4, -0.2) is 12.5 Å². The molecule has 1 aliphatic heterocycles. The minimum atomic E-state index is -0.960. The molecule has 1 saturated heterocycles. The zero-order valence-corrected chi connectivity index (χ0v) is 10.5. The third-order valence-corrected chi connectivity index (χ3v) is 3.40. The molecule has 1 atom stereocenters. The first kappa shape index (κ1) is 12.2. The van der Waals surface area contributed by atoms with E-state index in [1.807, 2.05) is 0 Å². The first-order valence-electron chi connectivity index (χ1n) is 5.10. The highest BCUT2D eigenvalue weighted by Gasteiger charge is 2.30. The summed E-state index contributed by atoms with van der Waals surface area (Å²) in [6.45, 7) is 4.09. The summed E-state index contributed by atoms with van der Waals surface area (Å²) in [5.41, 5.74) is 0.359. The van der Waals surface area contributed by atoms with Crippen molar-refractivity contribution in [3.63, 3.8) is 0 Å². The molecule has 0 bridgehead atoms. The molecule has 0 aromatic heterocycles. The van der Waals surface area contributed by atoms with Crippen LogP contribution in [0.4, 0.5) is 14.5 Å². The standard InChI is InChI=1S/C12H10BrF2NO/c1-2-7-3-12(17)16(6-7)11-5-10(15)9(14)4-8(11)13/h2,4-5,7H,1,3,6H2. The number of amides is 1. The molecule has 17 heavy (non-hydrogen) atoms. The van der Waals surface area contributed by atoms with Gasteiger partial charge >= 0.3 is 0 Å². The summed E-state index contributed by atoms with van der Waals surface area (Å²) in [5.74, 6) is -1.95. The number of hydrogen-bond acceptors (Lipinski definition) is 1. The average Bonchev–Trinajstić information content (AvgIpc) is 2.65. The van der Waals surface area contributed by atoms with Crippen molar-refractivity contribution >= 4 is 27.5 Å². The lowest BCUT2D eigenvalue weighted by atomic mass is 10.1. The zero-order valence-electron chi connectivity index (χ0n) is 8.92. The van der Waals surface area contributed by atoms with Gasteiger partial charge < -0.3 is 4.90 Å². The van der Waals surface area contributed by atoms with E-state index >= 15 is 0 Å². The van der Waals surface area contributed by atoms with Gasteiger partial charge in [-0.3, -0.25) is 4.79 Å². The largest absolute Gasteiger partial charge is 0.311 e. The maximum atomic E-state index is 13.2. The summed E-state index contributed by atoms with van der Waals surface area (Å²) >= 11 is 3.13. The Kier molecular flexibility index (Phi) is 3.28. The smallest absolute Gasteiger partial charge is 0.227 e. The van der Waals surface area contributed by atoms with E-state index in [2.05, 4.69) is 22.5 Å². The fourth-order valence-corrected chi connectivity index (χ4v) is 2.37. The summed E-state index contributed by atoms with van der Waals surface area (Å²) < 4.78 is 26.5. The van der Waals surface area contributed by atoms with Crippen LogP contribution in [0.25, 0.3) is 0 Å². The van der Waals surface area contributed by atoms with Crippen molar-refractivity contribution < 1.29 is 13.6 Å². The predicted molar refractivity (Wildman–Crippen MR) is 64.7 cm³/mol. The summed E-state index contributed by atoms with van der Waals surface area (Å²) in [7, 11) is 0. The highest BCUT2D eigenvalue weighted by molar-refractivity contribution is 9.10. The Morgan fingerprint density at radius 3 is 2.65 bits per heavy atom. The second kappa shape index (κ2) is 4.56. The lowest BCUT2D eigenvalue weighted by Gasteiger charge is -2.18. The lowest BCUT2D eigenvalue weighted by Crippen LogP contribution is -2.25. The Hall–Kier alpha value is -1.23. The molecule has 1 unspecified atom stereocenters. The highest BCUT2D eigenvalue weighted by Crippen LogP contribution is 2.33. The van der Waals surface area contributed by atoms with Crippen LogP contribution in [0.1, 0.15) is 6.42 Å². The molecule has 1 aromatic carbocycles. The molecule has 2 rings (SSSR count). The van der Waals surface area contributed by atoms with Gasteiger partial charge in [0, 0.05) is 29.4 Å². The molecular formula is C12H10BrF2NO. The minimum Gasteiger partial charge on any atom is -0.311 e. The molecule has 1 aliphatic rings. The summed E-state index contributed by atoms with van der Waals surface area (Å²) in [6.07, 6.45) is 2.06. The molecule has 90 valence electrons. The van der Waals surface area contributed by atoms with Gasteiger partial charge in [-0.25, -0.2) is 8.78 Å². The average molecular weight is 302 g/mol. The normalized spacial score (nSPS) is 19.8. The Balaban J connectivity index is 2.38. The number of anilines is 1. The number of benzene rings is 1. The van der Waals surface area contributed by atoms with Crippen LogP contribution >= 0.6 is 15.9 Å². The van der Waals surface area contributed by atoms with Gasteiger partial charge in [0.2, 0.25) is 5.91 Å². The number of carbonyl (C=O) groups excluding carboxylic acids is 1. The molecule has 2 nitrogen and oxygen atoms in total. The van der Waals surface area contributed by atoms with E-state index in [-0.39, 0.29) is 11.8 Å². The van der Waals surface area contributed by atoms with Crippen molar-refractivity contribution in [3.05, 3.63) is 40.9 Å². The Bertz CT molecular complexity index is 490. The van der Waals surface area contributed by atoms with Gasteiger partial charge in [0.15, 0.2) is 11.6 Å². The molecule has 0 aliphatic carbocycles. The van der Waals surface area contributed by atoms with E-state index in [1.54, 1.807) is 6.08 Å². The maximum absolute atomic E-state index is 13.2. The van der Waals surface area contributed by atoms with Crippen LogP contribution in [-0.2, 0) is 4.79 Å². The van der Waals surface area contributed by atoms with Gasteiger partial charge in [0.1, 0.15) is 0 Å². The van der Waals surface area contributed by atoms with Gasteiger partial charge in [-0.1, -0.05) is 6.08 Å². The predicted octanol–water partition coefficient (Wildman–Crippen LogP) is 3.27. The number of carbonyl (C=O) groups is 1. The molecule has 0 saturated carbocycles. The molecule has 1 aromatic rings. The first-order chi connectivity index (χ1) is 8.02. The topological polar surface area (TPSA) is 20.3 Å². The van der Waals surface area contributed by atoms with Gasteiger partial charge in [-0.05, 0) is 22.0 Å². The Morgan fingerprint density at radius 1 is 1.41 bits per heavy atom. The number of rotatable bonds is 2. The third kappa shape index (κ3) is 2.24. The van der Waals surface area contributed by atoms with Crippen LogP contribution in [0.5, 0.6) is 0 Å². The van der Waals surface area contributed by atoms with E-state index in [0.29, 0.717) is 23.1 Å². The summed E-state index contributed by atoms with van der Waals surface area (Å²) in [6, 6.07) is 2.06. The van der Waals surface area contributed by atoms with E-state index in [0.717, 1.165) is 12.1 Å². The monoisotopic (exact) mass is 301 g/mol. The second-order valence-corrected chi connectivity index (χ2v) is 4.78. The van der Waals surface area contributed by atoms with Crippen molar-refractivity contribution in [1.29, 1.82) is 0 Å². The van der Waals surface area contributed by atoms with E-state index in [9.17, 15) is 13.6 Å². The van der Waals surface area contributed by atoms with E-state index < -0.39 is 11.6 Å². The molecule has 0 spiro atoms. The third-order valence-electron chi connectivity index (χ3n) is 2.77. The number of halogens is 3. The lowest BCUT2D eigenvalue weighted by molar-refractivity contribution is -0.117. The van der Waals surface area contributed by atoms with Crippen molar-refractivity contribution in [3.8, 4) is 0 Å². The zero-order chi connectivity index (χ0) is 12.6. The van der Waals surface area contributed by atoms with Crippen molar-refractivity contribution in [2.45, 2.75) is 6.42 Å². The molecule has 1 amide bonds. The van der Waals surface area contributed by atoms with Crippen molar-refractivity contribution in [2.75, 3.05) is 11.4 Å². The summed E-state index contributed by atoms with van der Waals surface area (Å²) in [4.78, 5) is 13.2. The van der Waals surface area contributed by atoms with Gasteiger partial charge in [-0.15, -0.1) is 6.58 Å². The molecule has 1 fully saturated rings. The summed E-state index contributed by atoms with van der Waals surface area (Å²) in [5, 5.41) is 0. The fraction of sp³-hybridized carbons (Fsp3) is 0.250. The quantitative estimate of drug-likeness (QED) is 0.606. The van der Waals surface area contributed by atoms with Gasteiger partial charge in [-0.2, -0.15) is 0 Å². The molecule has 1 heterocycles.